The van der Waals surface area contributed by atoms with Gasteiger partial charge in [0.15, 0.2) is 0 Å². The van der Waals surface area contributed by atoms with Crippen molar-refractivity contribution in [3.05, 3.63) is 53.9 Å². The van der Waals surface area contributed by atoms with E-state index < -0.39 is 4.81 Å². The van der Waals surface area contributed by atoms with E-state index in [-0.39, 0.29) is 12.1 Å². The number of hydrogen-bond acceptors (Lipinski definition) is 3. The number of quaternary nitrogens is 1. The van der Waals surface area contributed by atoms with E-state index in [1.807, 2.05) is 18.2 Å². The van der Waals surface area contributed by atoms with Crippen LogP contribution in [0, 0.1) is 18.0 Å². The zero-order chi connectivity index (χ0) is 16.0. The quantitative estimate of drug-likeness (QED) is 0.393. The van der Waals surface area contributed by atoms with Gasteiger partial charge in [-0.2, -0.15) is 0 Å². The fourth-order valence-electron chi connectivity index (χ4n) is 3.48. The van der Waals surface area contributed by atoms with Gasteiger partial charge in [0.1, 0.15) is 18.7 Å². The first-order valence-electron chi connectivity index (χ1n) is 8.83. The average Bonchev–Trinajstić information content (AvgIpc) is 3.08. The molecule has 0 aliphatic carbocycles. The van der Waals surface area contributed by atoms with E-state index in [0.29, 0.717) is 13.2 Å². The summed E-state index contributed by atoms with van der Waals surface area (Å²) >= 11 is 0. The van der Waals surface area contributed by atoms with Crippen LogP contribution in [0.2, 0.25) is 0 Å². The molecule has 3 atom stereocenters. The predicted molar refractivity (Wildman–Crippen MR) is 89.6 cm³/mol. The zero-order valence-corrected chi connectivity index (χ0v) is 13.7. The van der Waals surface area contributed by atoms with Crippen molar-refractivity contribution in [3.8, 4) is 0 Å². The standard InChI is InChI=1S/C19H27NO3/c21-20-18(11-12-19(20)13-15-23-20)10-6-1-2-7-14-22-16-17-8-4-3-5-9-17/h3-5,8-9,11-12,18-19H,1-2,6-7,10,13-16H2/t18-,19?,20?/m0/s1. The highest BCUT2D eigenvalue weighted by Crippen LogP contribution is 2.39. The van der Waals surface area contributed by atoms with Crippen LogP contribution in [0.3, 0.4) is 0 Å². The maximum atomic E-state index is 12.6. The number of unbranched alkanes of at least 4 members (excludes halogenated alkanes) is 3. The van der Waals surface area contributed by atoms with Crippen LogP contribution >= 0.6 is 0 Å². The monoisotopic (exact) mass is 317 g/mol. The Morgan fingerprint density at radius 1 is 1.09 bits per heavy atom. The van der Waals surface area contributed by atoms with Crippen LogP contribution in [0.25, 0.3) is 0 Å². The lowest BCUT2D eigenvalue weighted by Crippen LogP contribution is -2.47. The number of fused-ring (bicyclic) bond motifs is 1. The van der Waals surface area contributed by atoms with Crippen LogP contribution in [0.1, 0.15) is 44.1 Å². The van der Waals surface area contributed by atoms with Crippen LogP contribution < -0.4 is 0 Å². The minimum atomic E-state index is -0.444. The van der Waals surface area contributed by atoms with Crippen molar-refractivity contribution < 1.29 is 14.4 Å². The SMILES string of the molecule is [O-][N+]12OCCC1[CH][CH][C@@H]2CCCCCCOCc1ccccc1. The molecule has 3 rings (SSSR count). The number of nitrogens with zero attached hydrogens (tertiary/aromatic N) is 1. The minimum Gasteiger partial charge on any atom is -0.598 e. The third kappa shape index (κ3) is 4.32. The molecule has 2 fully saturated rings. The summed E-state index contributed by atoms with van der Waals surface area (Å²) in [6, 6.07) is 10.3. The van der Waals surface area contributed by atoms with Crippen molar-refractivity contribution >= 4 is 0 Å². The highest BCUT2D eigenvalue weighted by atomic mass is 16.9. The summed E-state index contributed by atoms with van der Waals surface area (Å²) < 4.78 is 5.69. The third-order valence-corrected chi connectivity index (χ3v) is 4.84. The van der Waals surface area contributed by atoms with Gasteiger partial charge in [0.25, 0.3) is 0 Å². The number of hydrogen-bond donors (Lipinski definition) is 0. The van der Waals surface area contributed by atoms with Crippen molar-refractivity contribution in [2.24, 2.45) is 0 Å². The Morgan fingerprint density at radius 2 is 1.91 bits per heavy atom. The van der Waals surface area contributed by atoms with E-state index >= 15 is 0 Å². The van der Waals surface area contributed by atoms with E-state index in [1.165, 1.54) is 5.56 Å². The molecule has 2 radical (unpaired) electrons. The predicted octanol–water partition coefficient (Wildman–Crippen LogP) is 3.96. The van der Waals surface area contributed by atoms with Crippen LogP contribution in [-0.2, 0) is 16.2 Å². The van der Waals surface area contributed by atoms with E-state index in [1.54, 1.807) is 0 Å². The molecule has 2 unspecified atom stereocenters. The lowest BCUT2D eigenvalue weighted by molar-refractivity contribution is -1.07. The highest BCUT2D eigenvalue weighted by molar-refractivity contribution is 5.13. The van der Waals surface area contributed by atoms with Crippen molar-refractivity contribution in [2.75, 3.05) is 13.2 Å². The lowest BCUT2D eigenvalue weighted by Gasteiger charge is -2.40. The fourth-order valence-corrected chi connectivity index (χ4v) is 3.48. The Hall–Kier alpha value is -0.940. The van der Waals surface area contributed by atoms with Crippen LogP contribution in [0.5, 0.6) is 0 Å². The van der Waals surface area contributed by atoms with Crippen molar-refractivity contribution in [1.29, 1.82) is 0 Å². The maximum absolute atomic E-state index is 12.6. The van der Waals surface area contributed by atoms with Crippen LogP contribution in [0.15, 0.2) is 30.3 Å². The Kier molecular flexibility index (Phi) is 6.06. The van der Waals surface area contributed by atoms with E-state index in [4.69, 9.17) is 9.57 Å². The van der Waals surface area contributed by atoms with Gasteiger partial charge in [-0.05, 0) is 18.4 Å². The molecule has 1 aromatic rings. The smallest absolute Gasteiger partial charge is 0.125 e. The number of ether oxygens (including phenoxy) is 1. The van der Waals surface area contributed by atoms with Gasteiger partial charge in [-0.3, -0.25) is 0 Å². The molecule has 0 spiro atoms. The molecular weight excluding hydrogens is 290 g/mol. The molecule has 2 aliphatic heterocycles. The molecule has 2 heterocycles. The first-order chi connectivity index (χ1) is 11.3. The summed E-state index contributed by atoms with van der Waals surface area (Å²) in [6.45, 7) is 2.11. The minimum absolute atomic E-state index is 0.0110. The molecule has 4 nitrogen and oxygen atoms in total. The summed E-state index contributed by atoms with van der Waals surface area (Å²) in [7, 11) is 0. The second kappa shape index (κ2) is 8.25. The van der Waals surface area contributed by atoms with Crippen LogP contribution in [0.4, 0.5) is 0 Å². The fraction of sp³-hybridized carbons (Fsp3) is 0.579. The molecular formula is C19H27NO3. The molecule has 0 saturated carbocycles. The molecule has 2 aliphatic rings. The molecule has 2 saturated heterocycles. The number of rotatable bonds is 9. The topological polar surface area (TPSA) is 41.5 Å². The first kappa shape index (κ1) is 16.9. The van der Waals surface area contributed by atoms with E-state index in [0.717, 1.165) is 45.1 Å². The molecule has 4 heteroatoms. The van der Waals surface area contributed by atoms with Gasteiger partial charge in [0.2, 0.25) is 0 Å². The second-order valence-electron chi connectivity index (χ2n) is 6.53. The third-order valence-electron chi connectivity index (χ3n) is 4.84. The zero-order valence-electron chi connectivity index (χ0n) is 13.7. The largest absolute Gasteiger partial charge is 0.598 e. The molecule has 0 bridgehead atoms. The van der Waals surface area contributed by atoms with Crippen molar-refractivity contribution in [1.82, 2.24) is 0 Å². The van der Waals surface area contributed by atoms with Gasteiger partial charge in [0, 0.05) is 32.3 Å². The molecule has 0 N–H and O–H groups in total. The van der Waals surface area contributed by atoms with Crippen molar-refractivity contribution in [3.63, 3.8) is 0 Å². The van der Waals surface area contributed by atoms with Gasteiger partial charge in [-0.25, -0.2) is 9.65 Å². The van der Waals surface area contributed by atoms with Gasteiger partial charge in [-0.15, -0.1) is 0 Å². The van der Waals surface area contributed by atoms with Gasteiger partial charge < -0.3 is 9.94 Å². The number of benzene rings is 1. The molecule has 0 amide bonds. The average molecular weight is 317 g/mol. The first-order valence-corrected chi connectivity index (χ1v) is 8.83. The summed E-state index contributed by atoms with van der Waals surface area (Å²) in [5.74, 6) is 0. The molecule has 23 heavy (non-hydrogen) atoms. The summed E-state index contributed by atoms with van der Waals surface area (Å²) in [5, 5.41) is 12.6. The van der Waals surface area contributed by atoms with Gasteiger partial charge in [0.05, 0.1) is 6.61 Å². The van der Waals surface area contributed by atoms with Crippen LogP contribution in [-0.4, -0.2) is 30.1 Å². The maximum Gasteiger partial charge on any atom is 0.125 e. The Bertz CT molecular complexity index is 467. The lowest BCUT2D eigenvalue weighted by atomic mass is 10.1. The van der Waals surface area contributed by atoms with Gasteiger partial charge >= 0.3 is 0 Å². The highest BCUT2D eigenvalue weighted by Gasteiger charge is 2.49. The molecule has 1 aromatic carbocycles. The summed E-state index contributed by atoms with van der Waals surface area (Å²) in [4.78, 5) is 4.98. The number of hydroxylamine groups is 4. The second-order valence-corrected chi connectivity index (χ2v) is 6.53. The normalized spacial score (nSPS) is 29.8. The molecule has 0 aromatic heterocycles. The Labute approximate surface area is 139 Å². The Morgan fingerprint density at radius 3 is 2.78 bits per heavy atom. The summed E-state index contributed by atoms with van der Waals surface area (Å²) in [6.07, 6.45) is 10.4. The molecule has 126 valence electrons. The van der Waals surface area contributed by atoms with Gasteiger partial charge in [-0.1, -0.05) is 43.2 Å². The summed E-state index contributed by atoms with van der Waals surface area (Å²) in [5.41, 5.74) is 1.23. The Balaban J connectivity index is 1.21. The van der Waals surface area contributed by atoms with E-state index in [9.17, 15) is 5.21 Å². The van der Waals surface area contributed by atoms with Crippen molar-refractivity contribution in [2.45, 2.75) is 57.2 Å². The van der Waals surface area contributed by atoms with E-state index in [2.05, 4.69) is 25.0 Å².